The van der Waals surface area contributed by atoms with E-state index in [2.05, 4.69) is 16.8 Å². The molecule has 0 saturated carbocycles. The summed E-state index contributed by atoms with van der Waals surface area (Å²) < 4.78 is 0. The van der Waals surface area contributed by atoms with Gasteiger partial charge in [-0.2, -0.15) is 0 Å². The second-order valence-corrected chi connectivity index (χ2v) is 4.48. The van der Waals surface area contributed by atoms with Crippen LogP contribution < -0.4 is 10.6 Å². The lowest BCUT2D eigenvalue weighted by molar-refractivity contribution is 0.644. The molecule has 2 N–H and O–H groups in total. The molecule has 72 valence electrons. The SMILES string of the molecule is CCC1CCCN1c1ncc(N)s1. The topological polar surface area (TPSA) is 42.2 Å². The van der Waals surface area contributed by atoms with E-state index in [1.807, 2.05) is 0 Å². The van der Waals surface area contributed by atoms with E-state index >= 15 is 0 Å². The molecule has 1 aliphatic rings. The molecule has 3 nitrogen and oxygen atoms in total. The van der Waals surface area contributed by atoms with Crippen LogP contribution in [-0.2, 0) is 0 Å². The van der Waals surface area contributed by atoms with Gasteiger partial charge in [0.25, 0.3) is 0 Å². The normalized spacial score (nSPS) is 22.5. The number of nitrogens with zero attached hydrogens (tertiary/aromatic N) is 2. The predicted octanol–water partition coefficient (Wildman–Crippen LogP) is 2.10. The van der Waals surface area contributed by atoms with E-state index < -0.39 is 0 Å². The van der Waals surface area contributed by atoms with Crippen LogP contribution in [0.4, 0.5) is 10.1 Å². The molecule has 0 spiro atoms. The zero-order valence-corrected chi connectivity index (χ0v) is 8.68. The Kier molecular flexibility index (Phi) is 2.40. The molecule has 2 heterocycles. The average Bonchev–Trinajstić information content (AvgIpc) is 2.71. The van der Waals surface area contributed by atoms with Crippen LogP contribution in [0.15, 0.2) is 6.20 Å². The van der Waals surface area contributed by atoms with E-state index in [0.717, 1.165) is 16.7 Å². The van der Waals surface area contributed by atoms with Gasteiger partial charge in [0.2, 0.25) is 0 Å². The summed E-state index contributed by atoms with van der Waals surface area (Å²) in [7, 11) is 0. The zero-order valence-electron chi connectivity index (χ0n) is 7.86. The smallest absolute Gasteiger partial charge is 0.187 e. The summed E-state index contributed by atoms with van der Waals surface area (Å²) in [5.41, 5.74) is 5.66. The van der Waals surface area contributed by atoms with Crippen LogP contribution in [0, 0.1) is 0 Å². The second kappa shape index (κ2) is 3.54. The molecule has 1 unspecified atom stereocenters. The van der Waals surface area contributed by atoms with Gasteiger partial charge in [0, 0.05) is 12.6 Å². The van der Waals surface area contributed by atoms with Crippen molar-refractivity contribution in [3.05, 3.63) is 6.20 Å². The van der Waals surface area contributed by atoms with Crippen molar-refractivity contribution in [1.29, 1.82) is 0 Å². The first-order chi connectivity index (χ1) is 6.31. The summed E-state index contributed by atoms with van der Waals surface area (Å²) in [5.74, 6) is 0. The van der Waals surface area contributed by atoms with Crippen LogP contribution in [0.25, 0.3) is 0 Å². The third kappa shape index (κ3) is 1.63. The van der Waals surface area contributed by atoms with Crippen molar-refractivity contribution >= 4 is 21.5 Å². The summed E-state index contributed by atoms with van der Waals surface area (Å²) in [6.07, 6.45) is 5.55. The second-order valence-electron chi connectivity index (χ2n) is 3.44. The van der Waals surface area contributed by atoms with Gasteiger partial charge in [0.05, 0.1) is 6.20 Å². The number of thiazole rings is 1. The number of rotatable bonds is 2. The summed E-state index contributed by atoms with van der Waals surface area (Å²) in [6, 6.07) is 0.686. The van der Waals surface area contributed by atoms with Gasteiger partial charge in [-0.1, -0.05) is 18.3 Å². The fourth-order valence-corrected chi connectivity index (χ4v) is 2.70. The predicted molar refractivity (Wildman–Crippen MR) is 57.2 cm³/mol. The van der Waals surface area contributed by atoms with Crippen LogP contribution >= 0.6 is 11.3 Å². The Bertz CT molecular complexity index is 284. The number of nitrogen functional groups attached to an aromatic ring is 1. The van der Waals surface area contributed by atoms with Gasteiger partial charge in [-0.3, -0.25) is 0 Å². The summed E-state index contributed by atoms with van der Waals surface area (Å²) in [5, 5.41) is 1.92. The van der Waals surface area contributed by atoms with E-state index in [0.29, 0.717) is 6.04 Å². The van der Waals surface area contributed by atoms with E-state index in [4.69, 9.17) is 5.73 Å². The highest BCUT2D eigenvalue weighted by Crippen LogP contribution is 2.31. The molecular formula is C9H15N3S. The number of aromatic nitrogens is 1. The quantitative estimate of drug-likeness (QED) is 0.789. The Labute approximate surface area is 82.6 Å². The molecule has 0 bridgehead atoms. The minimum atomic E-state index is 0.686. The Hall–Kier alpha value is -0.770. The molecule has 2 rings (SSSR count). The molecule has 0 amide bonds. The van der Waals surface area contributed by atoms with E-state index in [1.165, 1.54) is 19.3 Å². The molecule has 1 aromatic rings. The standard InChI is InChI=1S/C9H15N3S/c1-2-7-4-3-5-12(7)9-11-6-8(10)13-9/h6-7H,2-5,10H2,1H3. The number of hydrogen-bond acceptors (Lipinski definition) is 4. The molecule has 1 saturated heterocycles. The molecule has 1 aromatic heterocycles. The van der Waals surface area contributed by atoms with Gasteiger partial charge < -0.3 is 10.6 Å². The average molecular weight is 197 g/mol. The molecular weight excluding hydrogens is 182 g/mol. The van der Waals surface area contributed by atoms with Gasteiger partial charge in [0.15, 0.2) is 5.13 Å². The van der Waals surface area contributed by atoms with Crippen molar-refractivity contribution in [3.63, 3.8) is 0 Å². The fraction of sp³-hybridized carbons (Fsp3) is 0.667. The lowest BCUT2D eigenvalue weighted by Crippen LogP contribution is -2.28. The van der Waals surface area contributed by atoms with Gasteiger partial charge >= 0.3 is 0 Å². The van der Waals surface area contributed by atoms with Crippen LogP contribution in [0.5, 0.6) is 0 Å². The van der Waals surface area contributed by atoms with Crippen molar-refractivity contribution in [1.82, 2.24) is 4.98 Å². The lowest BCUT2D eigenvalue weighted by Gasteiger charge is -2.22. The van der Waals surface area contributed by atoms with Crippen molar-refractivity contribution in [2.75, 3.05) is 17.2 Å². The Morgan fingerprint density at radius 1 is 1.77 bits per heavy atom. The largest absolute Gasteiger partial charge is 0.389 e. The highest BCUT2D eigenvalue weighted by molar-refractivity contribution is 7.19. The molecule has 4 heteroatoms. The maximum atomic E-state index is 5.66. The Balaban J connectivity index is 2.15. The summed E-state index contributed by atoms with van der Waals surface area (Å²) >= 11 is 1.60. The third-order valence-electron chi connectivity index (χ3n) is 2.61. The zero-order chi connectivity index (χ0) is 9.26. The first kappa shape index (κ1) is 8.81. The van der Waals surface area contributed by atoms with Crippen LogP contribution in [0.3, 0.4) is 0 Å². The van der Waals surface area contributed by atoms with Crippen molar-refractivity contribution < 1.29 is 0 Å². The van der Waals surface area contributed by atoms with Gasteiger partial charge in [-0.05, 0) is 19.3 Å². The number of nitrogens with two attached hydrogens (primary N) is 1. The first-order valence-electron chi connectivity index (χ1n) is 4.79. The van der Waals surface area contributed by atoms with Gasteiger partial charge in [0.1, 0.15) is 5.00 Å². The number of anilines is 2. The Morgan fingerprint density at radius 2 is 2.62 bits per heavy atom. The van der Waals surface area contributed by atoms with E-state index in [9.17, 15) is 0 Å². The molecule has 0 aliphatic carbocycles. The van der Waals surface area contributed by atoms with Crippen LogP contribution in [-0.4, -0.2) is 17.6 Å². The fourth-order valence-electron chi connectivity index (χ4n) is 1.92. The van der Waals surface area contributed by atoms with Crippen molar-refractivity contribution in [2.45, 2.75) is 32.2 Å². The maximum absolute atomic E-state index is 5.66. The van der Waals surface area contributed by atoms with Crippen molar-refractivity contribution in [2.24, 2.45) is 0 Å². The molecule has 1 fully saturated rings. The van der Waals surface area contributed by atoms with Gasteiger partial charge in [-0.15, -0.1) is 0 Å². The molecule has 0 aromatic carbocycles. The highest BCUT2D eigenvalue weighted by Gasteiger charge is 2.24. The van der Waals surface area contributed by atoms with Gasteiger partial charge in [-0.25, -0.2) is 4.98 Å². The monoisotopic (exact) mass is 197 g/mol. The lowest BCUT2D eigenvalue weighted by atomic mass is 10.2. The molecule has 0 radical (unpaired) electrons. The van der Waals surface area contributed by atoms with Crippen LogP contribution in [0.1, 0.15) is 26.2 Å². The maximum Gasteiger partial charge on any atom is 0.187 e. The Morgan fingerprint density at radius 3 is 3.23 bits per heavy atom. The molecule has 1 aliphatic heterocycles. The molecule has 1 atom stereocenters. The highest BCUT2D eigenvalue weighted by atomic mass is 32.1. The summed E-state index contributed by atoms with van der Waals surface area (Å²) in [4.78, 5) is 6.71. The number of hydrogen-bond donors (Lipinski definition) is 1. The summed E-state index contributed by atoms with van der Waals surface area (Å²) in [6.45, 7) is 3.38. The minimum Gasteiger partial charge on any atom is -0.389 e. The van der Waals surface area contributed by atoms with Crippen molar-refractivity contribution in [3.8, 4) is 0 Å². The molecule has 13 heavy (non-hydrogen) atoms. The van der Waals surface area contributed by atoms with E-state index in [1.54, 1.807) is 17.5 Å². The van der Waals surface area contributed by atoms with Crippen LogP contribution in [0.2, 0.25) is 0 Å². The minimum absolute atomic E-state index is 0.686. The van der Waals surface area contributed by atoms with E-state index in [-0.39, 0.29) is 0 Å². The third-order valence-corrected chi connectivity index (χ3v) is 3.47. The first-order valence-corrected chi connectivity index (χ1v) is 5.61.